The molecule has 2 aromatic rings. The zero-order valence-electron chi connectivity index (χ0n) is 12.2. The third-order valence-electron chi connectivity index (χ3n) is 3.40. The first-order valence-corrected chi connectivity index (χ1v) is 8.14. The third kappa shape index (κ3) is 4.47. The van der Waals surface area contributed by atoms with Gasteiger partial charge in [0.05, 0.1) is 0 Å². The fourth-order valence-electron chi connectivity index (χ4n) is 2.00. The molecule has 21 heavy (non-hydrogen) atoms. The second kappa shape index (κ2) is 7.30. The summed E-state index contributed by atoms with van der Waals surface area (Å²) in [6.07, 6.45) is 1.83. The van der Waals surface area contributed by atoms with E-state index in [1.807, 2.05) is 37.3 Å². The van der Waals surface area contributed by atoms with Gasteiger partial charge in [0.15, 0.2) is 0 Å². The predicted molar refractivity (Wildman–Crippen MR) is 92.4 cm³/mol. The van der Waals surface area contributed by atoms with Gasteiger partial charge in [0.1, 0.15) is 11.5 Å². The molecule has 0 fully saturated rings. The average Bonchev–Trinajstić information content (AvgIpc) is 2.45. The van der Waals surface area contributed by atoms with Crippen molar-refractivity contribution in [3.8, 4) is 11.5 Å². The molecule has 2 N–H and O–H groups in total. The Balaban J connectivity index is 2.14. The monoisotopic (exact) mass is 367 g/mol. The highest BCUT2D eigenvalue weighted by molar-refractivity contribution is 9.10. The van der Waals surface area contributed by atoms with Gasteiger partial charge in [0, 0.05) is 15.5 Å². The highest BCUT2D eigenvalue weighted by Crippen LogP contribution is 2.29. The Hall–Kier alpha value is -1.03. The van der Waals surface area contributed by atoms with Gasteiger partial charge in [-0.05, 0) is 61.2 Å². The van der Waals surface area contributed by atoms with Crippen molar-refractivity contribution >= 4 is 27.5 Å². The van der Waals surface area contributed by atoms with Crippen LogP contribution in [0.3, 0.4) is 0 Å². The number of hydrogen-bond donors (Lipinski definition) is 1. The van der Waals surface area contributed by atoms with Crippen molar-refractivity contribution in [3.05, 3.63) is 57.0 Å². The standard InChI is InChI=1S/C17H19BrClNO/c1-3-13(20)9-12-4-5-15(10-16(12)18)21-14-6-7-17(19)11(2)8-14/h4-8,10,13H,3,9,20H2,1-2H3. The lowest BCUT2D eigenvalue weighted by Gasteiger charge is -2.12. The number of nitrogens with two attached hydrogens (primary N) is 1. The molecule has 4 heteroatoms. The van der Waals surface area contributed by atoms with Crippen LogP contribution in [0.4, 0.5) is 0 Å². The maximum Gasteiger partial charge on any atom is 0.128 e. The fraction of sp³-hybridized carbons (Fsp3) is 0.294. The van der Waals surface area contributed by atoms with Crippen LogP contribution in [-0.4, -0.2) is 6.04 Å². The smallest absolute Gasteiger partial charge is 0.128 e. The van der Waals surface area contributed by atoms with Gasteiger partial charge in [0.25, 0.3) is 0 Å². The molecule has 0 heterocycles. The van der Waals surface area contributed by atoms with Crippen LogP contribution >= 0.6 is 27.5 Å². The predicted octanol–water partition coefficient (Wildman–Crippen LogP) is 5.48. The summed E-state index contributed by atoms with van der Waals surface area (Å²) < 4.78 is 6.88. The van der Waals surface area contributed by atoms with Crippen LogP contribution in [0.15, 0.2) is 40.9 Å². The van der Waals surface area contributed by atoms with Crippen LogP contribution in [-0.2, 0) is 6.42 Å². The molecule has 2 aromatic carbocycles. The van der Waals surface area contributed by atoms with E-state index in [1.165, 1.54) is 5.56 Å². The molecular formula is C17H19BrClNO. The minimum absolute atomic E-state index is 0.187. The first kappa shape index (κ1) is 16.3. The summed E-state index contributed by atoms with van der Waals surface area (Å²) in [6, 6.07) is 11.8. The summed E-state index contributed by atoms with van der Waals surface area (Å²) in [7, 11) is 0. The SMILES string of the molecule is CCC(N)Cc1ccc(Oc2ccc(Cl)c(C)c2)cc1Br. The Morgan fingerprint density at radius 3 is 2.48 bits per heavy atom. The van der Waals surface area contributed by atoms with Crippen molar-refractivity contribution in [3.63, 3.8) is 0 Å². The fourth-order valence-corrected chi connectivity index (χ4v) is 2.64. The molecule has 0 spiro atoms. The molecule has 0 aromatic heterocycles. The lowest BCUT2D eigenvalue weighted by Crippen LogP contribution is -2.21. The number of aryl methyl sites for hydroxylation is 1. The van der Waals surface area contributed by atoms with Crippen molar-refractivity contribution in [1.29, 1.82) is 0 Å². The number of rotatable bonds is 5. The Morgan fingerprint density at radius 2 is 1.86 bits per heavy atom. The van der Waals surface area contributed by atoms with E-state index in [0.717, 1.165) is 39.4 Å². The van der Waals surface area contributed by atoms with Gasteiger partial charge < -0.3 is 10.5 Å². The van der Waals surface area contributed by atoms with Crippen molar-refractivity contribution < 1.29 is 4.74 Å². The van der Waals surface area contributed by atoms with Crippen molar-refractivity contribution in [1.82, 2.24) is 0 Å². The number of ether oxygens (including phenoxy) is 1. The maximum atomic E-state index is 6.02. The Morgan fingerprint density at radius 1 is 1.19 bits per heavy atom. The first-order valence-electron chi connectivity index (χ1n) is 6.97. The van der Waals surface area contributed by atoms with Gasteiger partial charge in [-0.2, -0.15) is 0 Å². The summed E-state index contributed by atoms with van der Waals surface area (Å²) in [5.41, 5.74) is 8.20. The Kier molecular flexibility index (Phi) is 5.68. The van der Waals surface area contributed by atoms with E-state index < -0.39 is 0 Å². The van der Waals surface area contributed by atoms with E-state index in [1.54, 1.807) is 0 Å². The van der Waals surface area contributed by atoms with Crippen LogP contribution in [0.5, 0.6) is 11.5 Å². The molecule has 0 amide bonds. The molecule has 0 bridgehead atoms. The van der Waals surface area contributed by atoms with Gasteiger partial charge in [-0.25, -0.2) is 0 Å². The zero-order chi connectivity index (χ0) is 15.4. The van der Waals surface area contributed by atoms with Gasteiger partial charge in [-0.3, -0.25) is 0 Å². The average molecular weight is 369 g/mol. The normalized spacial score (nSPS) is 12.2. The zero-order valence-corrected chi connectivity index (χ0v) is 14.5. The molecule has 1 atom stereocenters. The molecule has 1 unspecified atom stereocenters. The van der Waals surface area contributed by atoms with Gasteiger partial charge >= 0.3 is 0 Å². The molecule has 0 aliphatic heterocycles. The highest BCUT2D eigenvalue weighted by Gasteiger charge is 2.07. The number of benzene rings is 2. The third-order valence-corrected chi connectivity index (χ3v) is 4.56. The largest absolute Gasteiger partial charge is 0.457 e. The molecule has 2 rings (SSSR count). The molecule has 112 valence electrons. The highest BCUT2D eigenvalue weighted by atomic mass is 79.9. The topological polar surface area (TPSA) is 35.2 Å². The van der Waals surface area contributed by atoms with Crippen molar-refractivity contribution in [2.45, 2.75) is 32.7 Å². The molecular weight excluding hydrogens is 350 g/mol. The van der Waals surface area contributed by atoms with E-state index in [-0.39, 0.29) is 6.04 Å². The molecule has 2 nitrogen and oxygen atoms in total. The molecule has 0 aliphatic carbocycles. The molecule has 0 saturated heterocycles. The Labute approximate surface area is 139 Å². The number of hydrogen-bond acceptors (Lipinski definition) is 2. The van der Waals surface area contributed by atoms with Crippen LogP contribution in [0, 0.1) is 6.92 Å². The number of halogens is 2. The van der Waals surface area contributed by atoms with Crippen molar-refractivity contribution in [2.75, 3.05) is 0 Å². The van der Waals surface area contributed by atoms with Gasteiger partial charge in [0.2, 0.25) is 0 Å². The molecule has 0 saturated carbocycles. The summed E-state index contributed by atoms with van der Waals surface area (Å²) in [5.74, 6) is 1.57. The summed E-state index contributed by atoms with van der Waals surface area (Å²) in [5, 5.41) is 0.743. The van der Waals surface area contributed by atoms with E-state index in [2.05, 4.69) is 28.9 Å². The van der Waals surface area contributed by atoms with E-state index in [4.69, 9.17) is 22.1 Å². The van der Waals surface area contributed by atoms with E-state index >= 15 is 0 Å². The van der Waals surface area contributed by atoms with Crippen LogP contribution < -0.4 is 10.5 Å². The van der Waals surface area contributed by atoms with Gasteiger partial charge in [-0.15, -0.1) is 0 Å². The van der Waals surface area contributed by atoms with Crippen molar-refractivity contribution in [2.24, 2.45) is 5.73 Å². The minimum atomic E-state index is 0.187. The first-order chi connectivity index (χ1) is 9.99. The lowest BCUT2D eigenvalue weighted by atomic mass is 10.0. The second-order valence-electron chi connectivity index (χ2n) is 5.14. The summed E-state index contributed by atoms with van der Waals surface area (Å²) in [4.78, 5) is 0. The quantitative estimate of drug-likeness (QED) is 0.758. The second-order valence-corrected chi connectivity index (χ2v) is 6.40. The van der Waals surface area contributed by atoms with Crippen LogP contribution in [0.1, 0.15) is 24.5 Å². The molecule has 0 radical (unpaired) electrons. The van der Waals surface area contributed by atoms with Crippen LogP contribution in [0.25, 0.3) is 0 Å². The Bertz CT molecular complexity index is 630. The van der Waals surface area contributed by atoms with Crippen LogP contribution in [0.2, 0.25) is 5.02 Å². The minimum Gasteiger partial charge on any atom is -0.457 e. The van der Waals surface area contributed by atoms with Gasteiger partial charge in [-0.1, -0.05) is 40.5 Å². The summed E-state index contributed by atoms with van der Waals surface area (Å²) >= 11 is 9.60. The molecule has 0 aliphatic rings. The lowest BCUT2D eigenvalue weighted by molar-refractivity contribution is 0.481. The summed E-state index contributed by atoms with van der Waals surface area (Å²) in [6.45, 7) is 4.05. The van der Waals surface area contributed by atoms with E-state index in [0.29, 0.717) is 0 Å². The van der Waals surface area contributed by atoms with E-state index in [9.17, 15) is 0 Å². The maximum absolute atomic E-state index is 6.02.